The van der Waals surface area contributed by atoms with Crippen molar-refractivity contribution in [3.8, 4) is 11.8 Å². The number of Topliss-reactive ketones (excluding diaryl/α,β-unsaturated/α-hetero) is 2. The van der Waals surface area contributed by atoms with E-state index in [9.17, 15) is 28.8 Å². The van der Waals surface area contributed by atoms with Crippen LogP contribution in [0.4, 0.5) is 4.79 Å². The molecule has 0 aliphatic carbocycles. The van der Waals surface area contributed by atoms with Gasteiger partial charge in [-0.05, 0) is 89.1 Å². The maximum absolute atomic E-state index is 14.3. The van der Waals surface area contributed by atoms with Crippen molar-refractivity contribution in [2.75, 3.05) is 26.2 Å². The number of amides is 5. The molecule has 0 bridgehead atoms. The Morgan fingerprint density at radius 3 is 2.38 bits per heavy atom. The number of nitrogens with one attached hydrogen (secondary N) is 4. The summed E-state index contributed by atoms with van der Waals surface area (Å²) in [7, 11) is 0. The highest BCUT2D eigenvalue weighted by atomic mass is 16.2. The summed E-state index contributed by atoms with van der Waals surface area (Å²) in [5.41, 5.74) is 13.8. The van der Waals surface area contributed by atoms with Crippen LogP contribution in [0.25, 0.3) is 10.9 Å². The van der Waals surface area contributed by atoms with Gasteiger partial charge < -0.3 is 32.4 Å². The van der Waals surface area contributed by atoms with E-state index >= 15 is 0 Å². The largest absolute Gasteiger partial charge is 0.368 e. The molecule has 0 unspecified atom stereocenters. The molecule has 0 spiro atoms. The first-order valence-corrected chi connectivity index (χ1v) is 21.0. The van der Waals surface area contributed by atoms with Crippen LogP contribution >= 0.6 is 0 Å². The Bertz CT molecular complexity index is 1970. The van der Waals surface area contributed by atoms with E-state index in [0.29, 0.717) is 58.2 Å². The van der Waals surface area contributed by atoms with E-state index in [1.54, 1.807) is 13.1 Å². The highest BCUT2D eigenvalue weighted by Crippen LogP contribution is 2.22. The van der Waals surface area contributed by atoms with Crippen molar-refractivity contribution < 1.29 is 28.8 Å². The number of benzene rings is 2. The molecule has 0 fully saturated rings. The molecule has 10 N–H and O–H groups in total. The van der Waals surface area contributed by atoms with Crippen molar-refractivity contribution in [2.24, 2.45) is 29.1 Å². The van der Waals surface area contributed by atoms with Crippen molar-refractivity contribution >= 4 is 46.2 Å². The van der Waals surface area contributed by atoms with Crippen molar-refractivity contribution in [3.63, 3.8) is 0 Å². The van der Waals surface area contributed by atoms with E-state index in [-0.39, 0.29) is 49.8 Å². The molecule has 5 amide bonds. The molecular weight excluding hydrogens is 763 g/mol. The van der Waals surface area contributed by atoms with Gasteiger partial charge in [0.05, 0.1) is 25.2 Å². The fraction of sp³-hybridized carbons (Fsp3) is 0.511. The zero-order valence-electron chi connectivity index (χ0n) is 35.2. The number of carbonyl (C=O) groups excluding carboxylic acids is 6. The molecule has 3 aromatic rings. The maximum atomic E-state index is 14.3. The van der Waals surface area contributed by atoms with Crippen LogP contribution in [-0.4, -0.2) is 101 Å². The Labute approximate surface area is 353 Å². The van der Waals surface area contributed by atoms with E-state index < -0.39 is 53.7 Å². The number of hydrazine groups is 1. The molecule has 324 valence electrons. The smallest absolute Gasteiger partial charge is 0.333 e. The minimum Gasteiger partial charge on any atom is -0.368 e. The zero-order chi connectivity index (χ0) is 43.6. The zero-order valence-corrected chi connectivity index (χ0v) is 35.2. The molecule has 4 rings (SSSR count). The lowest BCUT2D eigenvalue weighted by Crippen LogP contribution is -2.52. The summed E-state index contributed by atoms with van der Waals surface area (Å²) < 4.78 is 0. The van der Waals surface area contributed by atoms with Gasteiger partial charge in [-0.15, -0.1) is 0 Å². The number of fused-ring (bicyclic) bond motifs is 1. The first-order valence-electron chi connectivity index (χ1n) is 21.0. The number of aromatic amines is 1. The van der Waals surface area contributed by atoms with Gasteiger partial charge in [-0.3, -0.25) is 33.9 Å². The first kappa shape index (κ1) is 47.1. The molecule has 1 aromatic heterocycles. The Morgan fingerprint density at radius 2 is 1.67 bits per heavy atom. The molecule has 2 heterocycles. The number of hydrogen-bond acceptors (Lipinski definition) is 9. The SMILES string of the molecule is CC(C)N1CC#CCN(N)C(=O)N[C@H](Cc2c[nH]c3ccccc23)C(=O)C[C@@H](C)C(=O)N[C@H](C(=O)C[C@H](Cc2ccccc2)C(=O)N[C@@H](CCCCN)C(N)=O)CCCC1. The molecule has 1 aliphatic rings. The molecule has 15 nitrogen and oxygen atoms in total. The molecular formula is C45H63N9O6. The van der Waals surface area contributed by atoms with Gasteiger partial charge in [-0.1, -0.05) is 67.3 Å². The normalized spacial score (nSPS) is 20.1. The van der Waals surface area contributed by atoms with E-state index in [1.807, 2.05) is 54.6 Å². The highest BCUT2D eigenvalue weighted by molar-refractivity contribution is 5.96. The van der Waals surface area contributed by atoms with Crippen LogP contribution in [-0.2, 0) is 36.8 Å². The van der Waals surface area contributed by atoms with E-state index in [0.717, 1.165) is 27.0 Å². The van der Waals surface area contributed by atoms with Gasteiger partial charge in [0.15, 0.2) is 11.6 Å². The topological polar surface area (TPSA) is 239 Å². The summed E-state index contributed by atoms with van der Waals surface area (Å²) in [5.74, 6) is 8.03. The summed E-state index contributed by atoms with van der Waals surface area (Å²) in [6, 6.07) is 13.4. The van der Waals surface area contributed by atoms with Crippen molar-refractivity contribution in [1.29, 1.82) is 0 Å². The molecule has 2 aromatic carbocycles. The first-order chi connectivity index (χ1) is 28.8. The molecule has 15 heteroatoms. The van der Waals surface area contributed by atoms with Crippen LogP contribution < -0.4 is 33.3 Å². The van der Waals surface area contributed by atoms with Crippen molar-refractivity contribution in [1.82, 2.24) is 30.8 Å². The number of H-pyrrole nitrogens is 1. The van der Waals surface area contributed by atoms with Crippen molar-refractivity contribution in [3.05, 3.63) is 71.9 Å². The van der Waals surface area contributed by atoms with E-state index in [4.69, 9.17) is 17.3 Å². The number of urea groups is 1. The predicted molar refractivity (Wildman–Crippen MR) is 232 cm³/mol. The second-order valence-corrected chi connectivity index (χ2v) is 16.0. The minimum absolute atomic E-state index is 0.0604. The average molecular weight is 826 g/mol. The number of hydrogen-bond donors (Lipinski definition) is 7. The van der Waals surface area contributed by atoms with Crippen molar-refractivity contribution in [2.45, 2.75) is 109 Å². The number of aromatic nitrogens is 1. The second-order valence-electron chi connectivity index (χ2n) is 16.0. The van der Waals surface area contributed by atoms with Gasteiger partial charge >= 0.3 is 6.03 Å². The van der Waals surface area contributed by atoms with Crippen LogP contribution in [0.1, 0.15) is 83.3 Å². The van der Waals surface area contributed by atoms with Crippen LogP contribution in [0.3, 0.4) is 0 Å². The van der Waals surface area contributed by atoms with Gasteiger partial charge in [-0.25, -0.2) is 10.6 Å². The Hall–Kier alpha value is -5.56. The number of rotatable bonds is 15. The second kappa shape index (κ2) is 23.9. The molecule has 5 atom stereocenters. The number of nitrogens with zero attached hydrogens (tertiary/aromatic N) is 2. The highest BCUT2D eigenvalue weighted by Gasteiger charge is 2.32. The number of unbranched alkanes of at least 4 members (excludes halogenated alkanes) is 1. The maximum Gasteiger partial charge on any atom is 0.333 e. The molecule has 60 heavy (non-hydrogen) atoms. The molecule has 0 saturated carbocycles. The Kier molecular flexibility index (Phi) is 18.8. The lowest BCUT2D eigenvalue weighted by molar-refractivity contribution is -0.134. The molecule has 0 radical (unpaired) electrons. The third kappa shape index (κ3) is 14.6. The average Bonchev–Trinajstić information content (AvgIpc) is 3.63. The summed E-state index contributed by atoms with van der Waals surface area (Å²) in [6.45, 7) is 7.16. The number of primary amides is 1. The van der Waals surface area contributed by atoms with Gasteiger partial charge in [0.25, 0.3) is 0 Å². The van der Waals surface area contributed by atoms with Crippen LogP contribution in [0.15, 0.2) is 60.8 Å². The number of nitrogens with two attached hydrogens (primary N) is 3. The minimum atomic E-state index is -1.03. The predicted octanol–water partition coefficient (Wildman–Crippen LogP) is 2.86. The van der Waals surface area contributed by atoms with Gasteiger partial charge in [0.2, 0.25) is 17.7 Å². The summed E-state index contributed by atoms with van der Waals surface area (Å²) in [4.78, 5) is 87.1. The third-order valence-electron chi connectivity index (χ3n) is 11.0. The summed E-state index contributed by atoms with van der Waals surface area (Å²) >= 11 is 0. The standard InChI is InChI=1S/C45H63N9O6/c1-30(2)53-22-12-10-19-37(41(56)28-33(26-32-15-5-4-6-16-32)44(59)51-38(42(47)57)20-9-11-21-46)50-43(58)31(3)25-40(55)39(52-45(60)54(48)24-14-13-23-53)27-34-29-49-36-18-8-7-17-35(34)36/h4-8,15-18,29-31,33,37-39,49H,9-12,19-28,46,48H2,1-3H3,(H2,47,57)(H,50,58)(H,51,59)(H,52,60)/t31-,33+,37+,38+,39-/m1/s1. The van der Waals surface area contributed by atoms with E-state index in [1.165, 1.54) is 0 Å². The van der Waals surface area contributed by atoms with Crippen LogP contribution in [0, 0.1) is 23.7 Å². The Balaban J connectivity index is 1.60. The number of carbonyl (C=O) groups is 6. The van der Waals surface area contributed by atoms with Gasteiger partial charge in [-0.2, -0.15) is 0 Å². The number of para-hydroxylation sites is 1. The monoisotopic (exact) mass is 825 g/mol. The van der Waals surface area contributed by atoms with Crippen LogP contribution in [0.5, 0.6) is 0 Å². The quantitative estimate of drug-likeness (QED) is 0.0516. The molecule has 1 aliphatic heterocycles. The lowest BCUT2D eigenvalue weighted by Gasteiger charge is -2.26. The molecule has 0 saturated heterocycles. The number of ketones is 2. The summed E-state index contributed by atoms with van der Waals surface area (Å²) in [5, 5.41) is 10.3. The third-order valence-corrected chi connectivity index (χ3v) is 11.0. The fourth-order valence-electron chi connectivity index (χ4n) is 7.32. The van der Waals surface area contributed by atoms with Gasteiger partial charge in [0.1, 0.15) is 6.04 Å². The lowest BCUT2D eigenvalue weighted by atomic mass is 9.89. The van der Waals surface area contributed by atoms with Gasteiger partial charge in [0, 0.05) is 54.2 Å². The summed E-state index contributed by atoms with van der Waals surface area (Å²) in [6.07, 6.45) is 4.82. The van der Waals surface area contributed by atoms with E-state index in [2.05, 4.69) is 51.5 Å². The fourth-order valence-corrected chi connectivity index (χ4v) is 7.32. The van der Waals surface area contributed by atoms with Crippen LogP contribution in [0.2, 0.25) is 0 Å². The Morgan fingerprint density at radius 1 is 0.950 bits per heavy atom.